The molecule has 1 aromatic carbocycles. The third-order valence-corrected chi connectivity index (χ3v) is 1.95. The van der Waals surface area contributed by atoms with E-state index in [1.165, 1.54) is 19.2 Å². The zero-order valence-corrected chi connectivity index (χ0v) is 9.02. The third kappa shape index (κ3) is 2.94. The molecule has 86 valence electrons. The lowest BCUT2D eigenvalue weighted by Gasteiger charge is -2.06. The van der Waals surface area contributed by atoms with Crippen molar-refractivity contribution in [2.45, 2.75) is 6.92 Å². The summed E-state index contributed by atoms with van der Waals surface area (Å²) in [7, 11) is 1.47. The maximum absolute atomic E-state index is 10.9. The van der Waals surface area contributed by atoms with Crippen molar-refractivity contribution in [3.8, 4) is 5.75 Å². The van der Waals surface area contributed by atoms with Gasteiger partial charge >= 0.3 is 5.69 Å². The van der Waals surface area contributed by atoms with E-state index in [1.54, 1.807) is 13.0 Å². The molecule has 0 aliphatic rings. The fourth-order valence-corrected chi connectivity index (χ4v) is 1.10. The van der Waals surface area contributed by atoms with E-state index in [-0.39, 0.29) is 24.0 Å². The predicted octanol–water partition coefficient (Wildman–Crippen LogP) is 1.03. The SMILES string of the molecule is CNC(=O)COc1cc(C)ccc1[N+](=O)[O-]. The molecule has 1 amide bonds. The van der Waals surface area contributed by atoms with Crippen LogP contribution in [0, 0.1) is 17.0 Å². The number of nitro benzene ring substituents is 1. The molecule has 0 aromatic heterocycles. The van der Waals surface area contributed by atoms with Crippen LogP contribution in [0.3, 0.4) is 0 Å². The number of likely N-dealkylation sites (N-methyl/N-ethyl adjacent to an activating group) is 1. The fraction of sp³-hybridized carbons (Fsp3) is 0.300. The zero-order chi connectivity index (χ0) is 12.1. The number of carbonyl (C=O) groups excluding carboxylic acids is 1. The highest BCUT2D eigenvalue weighted by Gasteiger charge is 2.15. The lowest BCUT2D eigenvalue weighted by Crippen LogP contribution is -2.25. The molecule has 0 heterocycles. The van der Waals surface area contributed by atoms with Gasteiger partial charge in [-0.05, 0) is 18.6 Å². The Morgan fingerprint density at radius 2 is 2.25 bits per heavy atom. The van der Waals surface area contributed by atoms with Crippen molar-refractivity contribution in [1.82, 2.24) is 5.32 Å². The molecule has 0 spiro atoms. The molecule has 0 fully saturated rings. The van der Waals surface area contributed by atoms with Crippen molar-refractivity contribution in [1.29, 1.82) is 0 Å². The van der Waals surface area contributed by atoms with Crippen LogP contribution in [0.15, 0.2) is 18.2 Å². The van der Waals surface area contributed by atoms with Crippen molar-refractivity contribution in [2.24, 2.45) is 0 Å². The molecule has 1 N–H and O–H groups in total. The molecule has 0 unspecified atom stereocenters. The number of nitrogens with zero attached hydrogens (tertiary/aromatic N) is 1. The van der Waals surface area contributed by atoms with Crippen LogP contribution in [0.25, 0.3) is 0 Å². The van der Waals surface area contributed by atoms with E-state index in [0.717, 1.165) is 5.56 Å². The Kier molecular flexibility index (Phi) is 3.82. The molecule has 0 saturated heterocycles. The van der Waals surface area contributed by atoms with E-state index in [1.807, 2.05) is 0 Å². The van der Waals surface area contributed by atoms with Crippen LogP contribution in [0.4, 0.5) is 5.69 Å². The van der Waals surface area contributed by atoms with E-state index in [9.17, 15) is 14.9 Å². The van der Waals surface area contributed by atoms with Gasteiger partial charge in [-0.3, -0.25) is 14.9 Å². The lowest BCUT2D eigenvalue weighted by atomic mass is 10.2. The number of carbonyl (C=O) groups is 1. The van der Waals surface area contributed by atoms with Crippen molar-refractivity contribution in [3.63, 3.8) is 0 Å². The van der Waals surface area contributed by atoms with E-state index < -0.39 is 4.92 Å². The summed E-state index contributed by atoms with van der Waals surface area (Å²) < 4.78 is 5.08. The molecule has 0 aliphatic carbocycles. The maximum Gasteiger partial charge on any atom is 0.310 e. The van der Waals surface area contributed by atoms with Crippen LogP contribution in [0.1, 0.15) is 5.56 Å². The molecule has 6 heteroatoms. The maximum atomic E-state index is 10.9. The predicted molar refractivity (Wildman–Crippen MR) is 57.4 cm³/mol. The number of aryl methyl sites for hydroxylation is 1. The number of ether oxygens (including phenoxy) is 1. The summed E-state index contributed by atoms with van der Waals surface area (Å²) in [5, 5.41) is 13.0. The van der Waals surface area contributed by atoms with Crippen LogP contribution in [0.5, 0.6) is 5.75 Å². The minimum atomic E-state index is -0.543. The van der Waals surface area contributed by atoms with E-state index >= 15 is 0 Å². The van der Waals surface area contributed by atoms with Gasteiger partial charge in [-0.15, -0.1) is 0 Å². The van der Waals surface area contributed by atoms with Gasteiger partial charge in [0.2, 0.25) is 0 Å². The molecule has 0 atom stereocenters. The minimum absolute atomic E-state index is 0.105. The molecule has 0 aliphatic heterocycles. The summed E-state index contributed by atoms with van der Waals surface area (Å²) >= 11 is 0. The number of nitro groups is 1. The Balaban J connectivity index is 2.88. The first-order valence-corrected chi connectivity index (χ1v) is 4.63. The largest absolute Gasteiger partial charge is 0.477 e. The average molecular weight is 224 g/mol. The Labute approximate surface area is 92.4 Å². The number of benzene rings is 1. The molecular formula is C10H12N2O4. The van der Waals surface area contributed by atoms with Gasteiger partial charge in [0.15, 0.2) is 12.4 Å². The number of rotatable bonds is 4. The normalized spacial score (nSPS) is 9.62. The quantitative estimate of drug-likeness (QED) is 0.611. The number of nitrogens with one attached hydrogen (secondary N) is 1. The van der Waals surface area contributed by atoms with Crippen LogP contribution >= 0.6 is 0 Å². The second kappa shape index (κ2) is 5.11. The van der Waals surface area contributed by atoms with E-state index in [2.05, 4.69) is 5.32 Å². The molecule has 0 bridgehead atoms. The second-order valence-corrected chi connectivity index (χ2v) is 3.19. The Bertz CT molecular complexity index is 417. The van der Waals surface area contributed by atoms with Gasteiger partial charge in [-0.1, -0.05) is 6.07 Å². The summed E-state index contributed by atoms with van der Waals surface area (Å²) in [6.07, 6.45) is 0. The lowest BCUT2D eigenvalue weighted by molar-refractivity contribution is -0.385. The van der Waals surface area contributed by atoms with Gasteiger partial charge in [0.05, 0.1) is 4.92 Å². The van der Waals surface area contributed by atoms with Crippen molar-refractivity contribution < 1.29 is 14.5 Å². The van der Waals surface area contributed by atoms with Crippen LogP contribution in [0.2, 0.25) is 0 Å². The van der Waals surface area contributed by atoms with Gasteiger partial charge < -0.3 is 10.1 Å². The number of hydrogen-bond acceptors (Lipinski definition) is 4. The first-order valence-electron chi connectivity index (χ1n) is 4.63. The van der Waals surface area contributed by atoms with E-state index in [0.29, 0.717) is 0 Å². The zero-order valence-electron chi connectivity index (χ0n) is 9.02. The van der Waals surface area contributed by atoms with Crippen molar-refractivity contribution in [2.75, 3.05) is 13.7 Å². The van der Waals surface area contributed by atoms with Crippen LogP contribution in [-0.2, 0) is 4.79 Å². The highest BCUT2D eigenvalue weighted by Crippen LogP contribution is 2.27. The average Bonchev–Trinajstić information content (AvgIpc) is 2.25. The molecule has 6 nitrogen and oxygen atoms in total. The molecule has 0 saturated carbocycles. The molecule has 1 rings (SSSR count). The molecular weight excluding hydrogens is 212 g/mol. The summed E-state index contributed by atoms with van der Waals surface area (Å²) in [4.78, 5) is 21.1. The second-order valence-electron chi connectivity index (χ2n) is 3.19. The van der Waals surface area contributed by atoms with Gasteiger partial charge in [-0.2, -0.15) is 0 Å². The highest BCUT2D eigenvalue weighted by molar-refractivity contribution is 5.77. The van der Waals surface area contributed by atoms with Gasteiger partial charge in [0, 0.05) is 13.1 Å². The summed E-state index contributed by atoms with van der Waals surface area (Å²) in [5.41, 5.74) is 0.687. The Hall–Kier alpha value is -2.11. The third-order valence-electron chi connectivity index (χ3n) is 1.95. The number of hydrogen-bond donors (Lipinski definition) is 1. The van der Waals surface area contributed by atoms with Gasteiger partial charge in [0.25, 0.3) is 5.91 Å². The smallest absolute Gasteiger partial charge is 0.310 e. The van der Waals surface area contributed by atoms with Crippen LogP contribution in [-0.4, -0.2) is 24.5 Å². The molecule has 16 heavy (non-hydrogen) atoms. The topological polar surface area (TPSA) is 81.5 Å². The Morgan fingerprint density at radius 1 is 1.56 bits per heavy atom. The molecule has 0 radical (unpaired) electrons. The summed E-state index contributed by atoms with van der Waals surface area (Å²) in [6, 6.07) is 4.50. The summed E-state index contributed by atoms with van der Waals surface area (Å²) in [6.45, 7) is 1.55. The first-order chi connectivity index (χ1) is 7.54. The Morgan fingerprint density at radius 3 is 2.81 bits per heavy atom. The monoisotopic (exact) mass is 224 g/mol. The highest BCUT2D eigenvalue weighted by atomic mass is 16.6. The fourth-order valence-electron chi connectivity index (χ4n) is 1.10. The van der Waals surface area contributed by atoms with Crippen molar-refractivity contribution in [3.05, 3.63) is 33.9 Å². The summed E-state index contributed by atoms with van der Waals surface area (Å²) in [5.74, 6) is -0.232. The van der Waals surface area contributed by atoms with Gasteiger partial charge in [-0.25, -0.2) is 0 Å². The standard InChI is InChI=1S/C10H12N2O4/c1-7-3-4-8(12(14)15)9(5-7)16-6-10(13)11-2/h3-5H,6H2,1-2H3,(H,11,13). The van der Waals surface area contributed by atoms with Crippen LogP contribution < -0.4 is 10.1 Å². The van der Waals surface area contributed by atoms with E-state index in [4.69, 9.17) is 4.74 Å². The first kappa shape index (κ1) is 12.0. The van der Waals surface area contributed by atoms with Gasteiger partial charge in [0.1, 0.15) is 0 Å². The molecule has 1 aromatic rings. The van der Waals surface area contributed by atoms with Crippen molar-refractivity contribution >= 4 is 11.6 Å². The number of amides is 1. The minimum Gasteiger partial charge on any atom is -0.477 e.